The molecule has 0 aliphatic rings. The normalized spacial score (nSPS) is 13.3. The lowest BCUT2D eigenvalue weighted by molar-refractivity contribution is -0.174. The smallest absolute Gasteiger partial charge is 0.372 e. The van der Waals surface area contributed by atoms with Crippen LogP contribution >= 0.6 is 0 Å². The maximum atomic E-state index is 11.8. The average molecular weight is 269 g/mol. The van der Waals surface area contributed by atoms with Gasteiger partial charge < -0.3 is 10.1 Å². The Morgan fingerprint density at radius 1 is 1.11 bits per heavy atom. The van der Waals surface area contributed by atoms with Crippen molar-refractivity contribution in [3.63, 3.8) is 0 Å². The highest BCUT2D eigenvalue weighted by atomic mass is 19.4. The molecule has 0 saturated carbocycles. The molecule has 0 aromatic rings. The van der Waals surface area contributed by atoms with Crippen molar-refractivity contribution in [1.29, 1.82) is 0 Å². The summed E-state index contributed by atoms with van der Waals surface area (Å²) in [6.45, 7) is 8.45. The van der Waals surface area contributed by atoms with Gasteiger partial charge in [0.05, 0.1) is 0 Å². The number of rotatable bonds is 9. The van der Waals surface area contributed by atoms with Gasteiger partial charge in [0, 0.05) is 12.6 Å². The van der Waals surface area contributed by atoms with Crippen molar-refractivity contribution < 1.29 is 17.9 Å². The van der Waals surface area contributed by atoms with Crippen LogP contribution in [0.2, 0.25) is 0 Å². The molecule has 2 nitrogen and oxygen atoms in total. The van der Waals surface area contributed by atoms with Gasteiger partial charge in [0.15, 0.2) is 0 Å². The molecule has 1 N–H and O–H groups in total. The Kier molecular flexibility index (Phi) is 7.87. The lowest BCUT2D eigenvalue weighted by Gasteiger charge is -2.25. The summed E-state index contributed by atoms with van der Waals surface area (Å²) in [5.74, 6) is 0. The van der Waals surface area contributed by atoms with Crippen LogP contribution in [0.4, 0.5) is 13.2 Å². The third-order valence-corrected chi connectivity index (χ3v) is 2.76. The van der Waals surface area contributed by atoms with Gasteiger partial charge in [-0.1, -0.05) is 27.7 Å². The fourth-order valence-electron chi connectivity index (χ4n) is 1.66. The maximum Gasteiger partial charge on any atom is 0.411 e. The zero-order chi connectivity index (χ0) is 14.2. The van der Waals surface area contributed by atoms with Crippen LogP contribution in [0.15, 0.2) is 0 Å². The molecule has 0 bridgehead atoms. The van der Waals surface area contributed by atoms with E-state index in [0.717, 1.165) is 19.4 Å². The lowest BCUT2D eigenvalue weighted by Crippen LogP contribution is -2.28. The molecular formula is C13H26F3NO. The Morgan fingerprint density at radius 2 is 1.72 bits per heavy atom. The van der Waals surface area contributed by atoms with E-state index >= 15 is 0 Å². The van der Waals surface area contributed by atoms with Crippen molar-refractivity contribution in [2.75, 3.05) is 19.8 Å². The maximum absolute atomic E-state index is 11.8. The van der Waals surface area contributed by atoms with Gasteiger partial charge in [-0.25, -0.2) is 0 Å². The van der Waals surface area contributed by atoms with E-state index in [-0.39, 0.29) is 12.0 Å². The topological polar surface area (TPSA) is 21.3 Å². The first-order valence-electron chi connectivity index (χ1n) is 6.50. The third kappa shape index (κ3) is 12.2. The zero-order valence-corrected chi connectivity index (χ0v) is 11.9. The van der Waals surface area contributed by atoms with Gasteiger partial charge in [-0.3, -0.25) is 0 Å². The highest BCUT2D eigenvalue weighted by Gasteiger charge is 2.27. The number of nitrogens with one attached hydrogen (secondary N) is 1. The van der Waals surface area contributed by atoms with Crippen LogP contribution < -0.4 is 5.32 Å². The summed E-state index contributed by atoms with van der Waals surface area (Å²) in [6.07, 6.45) is -1.64. The Bertz CT molecular complexity index is 215. The average Bonchev–Trinajstić information content (AvgIpc) is 2.13. The van der Waals surface area contributed by atoms with Crippen molar-refractivity contribution >= 4 is 0 Å². The summed E-state index contributed by atoms with van der Waals surface area (Å²) in [4.78, 5) is 0. The number of hydrogen-bond donors (Lipinski definition) is 1. The van der Waals surface area contributed by atoms with E-state index in [1.165, 1.54) is 0 Å². The Hall–Kier alpha value is -0.290. The van der Waals surface area contributed by atoms with Gasteiger partial charge in [-0.05, 0) is 31.2 Å². The Labute approximate surface area is 108 Å². The first kappa shape index (κ1) is 17.7. The predicted octanol–water partition coefficient (Wildman–Crippen LogP) is 3.76. The molecule has 0 aliphatic heterocycles. The molecular weight excluding hydrogens is 243 g/mol. The predicted molar refractivity (Wildman–Crippen MR) is 67.6 cm³/mol. The number of ether oxygens (including phenoxy) is 1. The second-order valence-electron chi connectivity index (χ2n) is 5.79. The molecule has 0 aromatic carbocycles. The van der Waals surface area contributed by atoms with Crippen molar-refractivity contribution in [2.24, 2.45) is 5.41 Å². The molecule has 0 unspecified atom stereocenters. The summed E-state index contributed by atoms with van der Waals surface area (Å²) in [5, 5.41) is 3.34. The molecule has 0 amide bonds. The van der Waals surface area contributed by atoms with Crippen LogP contribution in [0.25, 0.3) is 0 Å². The van der Waals surface area contributed by atoms with E-state index in [1.54, 1.807) is 0 Å². The van der Waals surface area contributed by atoms with Gasteiger partial charge in [0.2, 0.25) is 0 Å². The number of hydrogen-bond acceptors (Lipinski definition) is 2. The molecule has 0 aliphatic carbocycles. The second-order valence-corrected chi connectivity index (χ2v) is 5.79. The van der Waals surface area contributed by atoms with Crippen LogP contribution in [-0.4, -0.2) is 32.0 Å². The molecule has 5 heteroatoms. The monoisotopic (exact) mass is 269 g/mol. The fourth-order valence-corrected chi connectivity index (χ4v) is 1.66. The number of alkyl halides is 3. The molecule has 0 saturated heterocycles. The highest BCUT2D eigenvalue weighted by Crippen LogP contribution is 2.26. The first-order valence-corrected chi connectivity index (χ1v) is 6.50. The summed E-state index contributed by atoms with van der Waals surface area (Å²) in [6, 6.07) is 0.468. The SMILES string of the molecule is CC(C)NCCC(C)(C)CCCOCC(F)(F)F. The molecule has 0 aromatic heterocycles. The van der Waals surface area contributed by atoms with Crippen LogP contribution in [0.1, 0.15) is 47.0 Å². The zero-order valence-electron chi connectivity index (χ0n) is 11.9. The van der Waals surface area contributed by atoms with Gasteiger partial charge in [0.1, 0.15) is 6.61 Å². The van der Waals surface area contributed by atoms with Crippen LogP contribution in [-0.2, 0) is 4.74 Å². The summed E-state index contributed by atoms with van der Waals surface area (Å²) < 4.78 is 40.1. The van der Waals surface area contributed by atoms with Gasteiger partial charge in [-0.2, -0.15) is 13.2 Å². The molecule has 0 radical (unpaired) electrons. The van der Waals surface area contributed by atoms with E-state index in [1.807, 2.05) is 0 Å². The van der Waals surface area contributed by atoms with E-state index in [2.05, 4.69) is 37.7 Å². The minimum absolute atomic E-state index is 0.142. The minimum atomic E-state index is -4.21. The summed E-state index contributed by atoms with van der Waals surface area (Å²) >= 11 is 0. The molecule has 0 atom stereocenters. The highest BCUT2D eigenvalue weighted by molar-refractivity contribution is 4.70. The van der Waals surface area contributed by atoms with Gasteiger partial charge in [-0.15, -0.1) is 0 Å². The largest absolute Gasteiger partial charge is 0.411 e. The van der Waals surface area contributed by atoms with Crippen molar-refractivity contribution in [3.05, 3.63) is 0 Å². The molecule has 0 spiro atoms. The van der Waals surface area contributed by atoms with Crippen molar-refractivity contribution in [3.8, 4) is 0 Å². The van der Waals surface area contributed by atoms with Crippen LogP contribution in [0.5, 0.6) is 0 Å². The standard InChI is InChI=1S/C13H26F3NO/c1-11(2)17-8-7-12(3,4)6-5-9-18-10-13(14,15)16/h11,17H,5-10H2,1-4H3. The molecule has 0 fully saturated rings. The fraction of sp³-hybridized carbons (Fsp3) is 1.00. The van der Waals surface area contributed by atoms with E-state index in [4.69, 9.17) is 0 Å². The van der Waals surface area contributed by atoms with Crippen molar-refractivity contribution in [2.45, 2.75) is 59.2 Å². The molecule has 18 heavy (non-hydrogen) atoms. The van der Waals surface area contributed by atoms with Crippen LogP contribution in [0.3, 0.4) is 0 Å². The second kappa shape index (κ2) is 8.00. The van der Waals surface area contributed by atoms with Gasteiger partial charge >= 0.3 is 6.18 Å². The minimum Gasteiger partial charge on any atom is -0.372 e. The quantitative estimate of drug-likeness (QED) is 0.643. The van der Waals surface area contributed by atoms with Crippen molar-refractivity contribution in [1.82, 2.24) is 5.32 Å². The van der Waals surface area contributed by atoms with Gasteiger partial charge in [0.25, 0.3) is 0 Å². The van der Waals surface area contributed by atoms with Crippen LogP contribution in [0, 0.1) is 5.41 Å². The van der Waals surface area contributed by atoms with E-state index in [9.17, 15) is 13.2 Å². The third-order valence-electron chi connectivity index (χ3n) is 2.76. The van der Waals surface area contributed by atoms with E-state index < -0.39 is 12.8 Å². The molecule has 0 rings (SSSR count). The Balaban J connectivity index is 3.58. The number of halogens is 3. The lowest BCUT2D eigenvalue weighted by atomic mass is 9.84. The first-order chi connectivity index (χ1) is 8.12. The summed E-state index contributed by atoms with van der Waals surface area (Å²) in [5.41, 5.74) is 0.142. The molecule has 0 heterocycles. The molecule has 110 valence electrons. The van der Waals surface area contributed by atoms with E-state index in [0.29, 0.717) is 12.5 Å². The summed E-state index contributed by atoms with van der Waals surface area (Å²) in [7, 11) is 0. The Morgan fingerprint density at radius 3 is 2.22 bits per heavy atom.